The van der Waals surface area contributed by atoms with Gasteiger partial charge in [0.2, 0.25) is 0 Å². The standard InChI is InChI=1S/C26H27N5O3S3/c1-30-21-19(22-23(30)29-26(35-4)37-22)12-28-31(25(21)32)13-17-11-27-24(36-17)18-9-15(18)6-5-14-7-8-16(33-2)10-20(14)34-3/h7-8,10-12,15,18H,5-6,9,13H2,1-4H3/t15-,18?/m0/s1. The van der Waals surface area contributed by atoms with E-state index in [-0.39, 0.29) is 5.56 Å². The number of hydrogen-bond acceptors (Lipinski definition) is 9. The Kier molecular flexibility index (Phi) is 6.46. The summed E-state index contributed by atoms with van der Waals surface area (Å²) in [7, 11) is 5.27. The highest BCUT2D eigenvalue weighted by Crippen LogP contribution is 2.51. The van der Waals surface area contributed by atoms with Crippen LogP contribution in [-0.2, 0) is 20.0 Å². The van der Waals surface area contributed by atoms with Gasteiger partial charge < -0.3 is 14.0 Å². The lowest BCUT2D eigenvalue weighted by molar-refractivity contribution is 0.390. The van der Waals surface area contributed by atoms with Crippen LogP contribution in [0, 0.1) is 5.92 Å². The molecule has 5 aromatic rings. The molecule has 4 heterocycles. The van der Waals surface area contributed by atoms with E-state index in [9.17, 15) is 4.79 Å². The Hall–Kier alpha value is -2.89. The van der Waals surface area contributed by atoms with Crippen molar-refractivity contribution in [3.8, 4) is 11.5 Å². The Morgan fingerprint density at radius 3 is 2.84 bits per heavy atom. The summed E-state index contributed by atoms with van der Waals surface area (Å²) < 4.78 is 16.3. The van der Waals surface area contributed by atoms with Gasteiger partial charge in [0.1, 0.15) is 17.0 Å². The van der Waals surface area contributed by atoms with E-state index in [1.54, 1.807) is 59.5 Å². The van der Waals surface area contributed by atoms with Crippen LogP contribution < -0.4 is 15.0 Å². The Morgan fingerprint density at radius 2 is 2.05 bits per heavy atom. The van der Waals surface area contributed by atoms with Gasteiger partial charge in [-0.15, -0.1) is 22.7 Å². The minimum absolute atomic E-state index is 0.0939. The Bertz CT molecular complexity index is 1670. The van der Waals surface area contributed by atoms with Crippen molar-refractivity contribution in [1.82, 2.24) is 24.3 Å². The zero-order valence-corrected chi connectivity index (χ0v) is 23.5. The number of benzene rings is 1. The van der Waals surface area contributed by atoms with Gasteiger partial charge in [0.25, 0.3) is 5.56 Å². The van der Waals surface area contributed by atoms with Gasteiger partial charge >= 0.3 is 0 Å². The van der Waals surface area contributed by atoms with E-state index < -0.39 is 0 Å². The van der Waals surface area contributed by atoms with Crippen molar-refractivity contribution in [3.05, 3.63) is 56.4 Å². The minimum Gasteiger partial charge on any atom is -0.497 e. The van der Waals surface area contributed by atoms with Crippen molar-refractivity contribution in [2.24, 2.45) is 13.0 Å². The fourth-order valence-corrected chi connectivity index (χ4v) is 7.66. The summed E-state index contributed by atoms with van der Waals surface area (Å²) in [6.45, 7) is 0.426. The maximum Gasteiger partial charge on any atom is 0.291 e. The molecule has 1 aliphatic rings. The number of hydrogen-bond donors (Lipinski definition) is 0. The molecule has 37 heavy (non-hydrogen) atoms. The first-order valence-corrected chi connectivity index (χ1v) is 14.9. The molecule has 192 valence electrons. The highest BCUT2D eigenvalue weighted by molar-refractivity contribution is 8.00. The molecular weight excluding hydrogens is 527 g/mol. The molecule has 0 N–H and O–H groups in total. The lowest BCUT2D eigenvalue weighted by Gasteiger charge is -2.10. The van der Waals surface area contributed by atoms with Crippen LogP contribution in [0.1, 0.15) is 34.2 Å². The van der Waals surface area contributed by atoms with Crippen molar-refractivity contribution in [3.63, 3.8) is 0 Å². The molecule has 0 saturated heterocycles. The molecule has 0 amide bonds. The summed E-state index contributed by atoms with van der Waals surface area (Å²) in [5, 5.41) is 6.53. The number of thiazole rings is 2. The zero-order valence-electron chi connectivity index (χ0n) is 21.1. The highest BCUT2D eigenvalue weighted by Gasteiger charge is 2.40. The Labute approximate surface area is 226 Å². The maximum absolute atomic E-state index is 13.3. The zero-order chi connectivity index (χ0) is 25.7. The fourth-order valence-electron chi connectivity index (χ4n) is 4.95. The van der Waals surface area contributed by atoms with E-state index in [0.29, 0.717) is 23.9 Å². The molecule has 2 atom stereocenters. The number of nitrogens with zero attached hydrogens (tertiary/aromatic N) is 5. The number of fused-ring (bicyclic) bond motifs is 3. The summed E-state index contributed by atoms with van der Waals surface area (Å²) in [5.74, 6) is 2.80. The number of thioether (sulfide) groups is 1. The molecule has 0 radical (unpaired) electrons. The van der Waals surface area contributed by atoms with Gasteiger partial charge in [-0.2, -0.15) is 5.10 Å². The second kappa shape index (κ2) is 9.77. The normalized spacial score (nSPS) is 17.1. The first kappa shape index (κ1) is 24.4. The number of aromatic nitrogens is 5. The predicted molar refractivity (Wildman–Crippen MR) is 150 cm³/mol. The smallest absolute Gasteiger partial charge is 0.291 e. The van der Waals surface area contributed by atoms with Crippen LogP contribution in [0.4, 0.5) is 0 Å². The van der Waals surface area contributed by atoms with E-state index in [4.69, 9.17) is 14.5 Å². The van der Waals surface area contributed by atoms with Crippen molar-refractivity contribution >= 4 is 55.7 Å². The van der Waals surface area contributed by atoms with Gasteiger partial charge in [0, 0.05) is 35.5 Å². The molecule has 11 heteroatoms. The molecule has 6 rings (SSSR count). The van der Waals surface area contributed by atoms with E-state index in [1.807, 2.05) is 36.2 Å². The van der Waals surface area contributed by atoms with E-state index in [2.05, 4.69) is 16.1 Å². The molecule has 1 aromatic carbocycles. The van der Waals surface area contributed by atoms with Gasteiger partial charge in [0.05, 0.1) is 36.7 Å². The summed E-state index contributed by atoms with van der Waals surface area (Å²) in [6.07, 6.45) is 8.92. The van der Waals surface area contributed by atoms with E-state index >= 15 is 0 Å². The van der Waals surface area contributed by atoms with Crippen LogP contribution in [0.25, 0.3) is 21.3 Å². The van der Waals surface area contributed by atoms with E-state index in [1.165, 1.54) is 5.56 Å². The van der Waals surface area contributed by atoms with Gasteiger partial charge in [-0.25, -0.2) is 14.6 Å². The van der Waals surface area contributed by atoms with E-state index in [0.717, 1.165) is 60.7 Å². The first-order chi connectivity index (χ1) is 18.0. The third kappa shape index (κ3) is 4.42. The van der Waals surface area contributed by atoms with Crippen molar-refractivity contribution in [1.29, 1.82) is 0 Å². The molecule has 0 bridgehead atoms. The molecule has 1 saturated carbocycles. The molecule has 0 aliphatic heterocycles. The van der Waals surface area contributed by atoms with Crippen LogP contribution in [0.3, 0.4) is 0 Å². The Morgan fingerprint density at radius 1 is 1.19 bits per heavy atom. The van der Waals surface area contributed by atoms with Crippen LogP contribution in [0.15, 0.2) is 39.7 Å². The maximum atomic E-state index is 13.3. The van der Waals surface area contributed by atoms with Gasteiger partial charge in [-0.1, -0.05) is 17.8 Å². The molecule has 8 nitrogen and oxygen atoms in total. The summed E-state index contributed by atoms with van der Waals surface area (Å²) in [5.41, 5.74) is 2.60. The third-order valence-corrected chi connectivity index (χ3v) is 10.3. The summed E-state index contributed by atoms with van der Waals surface area (Å²) in [6, 6.07) is 6.02. The highest BCUT2D eigenvalue weighted by atomic mass is 32.2. The van der Waals surface area contributed by atoms with Crippen LogP contribution in [0.5, 0.6) is 11.5 Å². The first-order valence-electron chi connectivity index (χ1n) is 12.0. The lowest BCUT2D eigenvalue weighted by Crippen LogP contribution is -2.24. The average Bonchev–Trinajstić information content (AvgIpc) is 3.23. The van der Waals surface area contributed by atoms with Gasteiger partial charge in [-0.3, -0.25) is 4.79 Å². The SMILES string of the molecule is COc1ccc(CC[C@H]2CC2c2ncc(Cn3ncc4c5sc(SC)nc5n(C)c4c3=O)s2)c(OC)c1. The van der Waals surface area contributed by atoms with Crippen LogP contribution in [0.2, 0.25) is 0 Å². The molecular formula is C26H27N5O3S3. The molecule has 0 spiro atoms. The summed E-state index contributed by atoms with van der Waals surface area (Å²) >= 11 is 4.92. The topological polar surface area (TPSA) is 84.1 Å². The van der Waals surface area contributed by atoms with Crippen molar-refractivity contribution in [2.75, 3.05) is 20.5 Å². The Balaban J connectivity index is 1.14. The second-order valence-electron chi connectivity index (χ2n) is 9.25. The molecule has 1 unspecified atom stereocenters. The predicted octanol–water partition coefficient (Wildman–Crippen LogP) is 5.32. The quantitative estimate of drug-likeness (QED) is 0.228. The largest absolute Gasteiger partial charge is 0.497 e. The number of methoxy groups -OCH3 is 2. The van der Waals surface area contributed by atoms with Crippen LogP contribution >= 0.6 is 34.4 Å². The molecule has 4 aromatic heterocycles. The average molecular weight is 554 g/mol. The number of rotatable bonds is 9. The van der Waals surface area contributed by atoms with Crippen LogP contribution in [-0.4, -0.2) is 44.8 Å². The van der Waals surface area contributed by atoms with Gasteiger partial charge in [0.15, 0.2) is 9.99 Å². The molecule has 1 fully saturated rings. The van der Waals surface area contributed by atoms with Crippen molar-refractivity contribution in [2.45, 2.75) is 36.1 Å². The fraction of sp³-hybridized carbons (Fsp3) is 0.385. The third-order valence-electron chi connectivity index (χ3n) is 7.08. The monoisotopic (exact) mass is 553 g/mol. The van der Waals surface area contributed by atoms with Crippen molar-refractivity contribution < 1.29 is 9.47 Å². The lowest BCUT2D eigenvalue weighted by atomic mass is 10.1. The number of aryl methyl sites for hydroxylation is 2. The number of ether oxygens (including phenoxy) is 2. The second-order valence-corrected chi connectivity index (χ2v) is 12.4. The minimum atomic E-state index is -0.0939. The summed E-state index contributed by atoms with van der Waals surface area (Å²) in [4.78, 5) is 23.7. The van der Waals surface area contributed by atoms with Gasteiger partial charge in [-0.05, 0) is 43.1 Å². The molecule has 1 aliphatic carbocycles.